The van der Waals surface area contributed by atoms with Crippen LogP contribution in [-0.4, -0.2) is 230 Å². The van der Waals surface area contributed by atoms with E-state index in [0.29, 0.717) is 45.6 Å². The van der Waals surface area contributed by atoms with Gasteiger partial charge in [0.1, 0.15) is 39.4 Å². The Labute approximate surface area is 825 Å². The summed E-state index contributed by atoms with van der Waals surface area (Å²) in [5, 5.41) is 20.8. The molecule has 10 heterocycles. The molecule has 0 saturated heterocycles. The van der Waals surface area contributed by atoms with Crippen LogP contribution < -0.4 is 24.5 Å². The molecular weight excluding hydrogens is 1940 g/mol. The third-order valence-corrected chi connectivity index (χ3v) is 25.5. The average molecular weight is 2030 g/mol. The number of aromatic nitrogens is 15. The number of rotatable bonds is 34. The first-order valence-electron chi connectivity index (χ1n) is 39.9. The van der Waals surface area contributed by atoms with E-state index in [9.17, 15) is 45.6 Å². The van der Waals surface area contributed by atoms with Crippen molar-refractivity contribution in [3.63, 3.8) is 0 Å². The molecule has 0 saturated carbocycles. The highest BCUT2D eigenvalue weighted by Gasteiger charge is 2.38. The lowest BCUT2D eigenvalue weighted by Gasteiger charge is -2.35. The minimum absolute atomic E-state index is 0.0130. The van der Waals surface area contributed by atoms with E-state index in [0.717, 1.165) is 49.8 Å². The van der Waals surface area contributed by atoms with Crippen molar-refractivity contribution in [3.8, 4) is 90.2 Å². The maximum atomic E-state index is 13.6. The Hall–Kier alpha value is -13.0. The van der Waals surface area contributed by atoms with E-state index in [1.54, 1.807) is 150 Å². The lowest BCUT2D eigenvalue weighted by atomic mass is 9.84. The first-order valence-corrected chi connectivity index (χ1v) is 50.0. The monoisotopic (exact) mass is 2020 g/mol. The highest BCUT2D eigenvalue weighted by molar-refractivity contribution is 8.01. The van der Waals surface area contributed by atoms with E-state index >= 15 is 0 Å². The summed E-state index contributed by atoms with van der Waals surface area (Å²) >= 11 is 39.5. The summed E-state index contributed by atoms with van der Waals surface area (Å²) in [7, 11) is -5.69. The number of pyridine rings is 5. The van der Waals surface area contributed by atoms with E-state index in [2.05, 4.69) is 165 Å². The van der Waals surface area contributed by atoms with Crippen LogP contribution in [0.1, 0.15) is 29.5 Å². The van der Waals surface area contributed by atoms with Crippen molar-refractivity contribution in [1.29, 1.82) is 0 Å². The smallest absolute Gasteiger partial charge is 0.248 e. The third kappa shape index (κ3) is 29.3. The molecule has 10 aromatic heterocycles. The van der Waals surface area contributed by atoms with Crippen molar-refractivity contribution < 1.29 is 45.6 Å². The van der Waals surface area contributed by atoms with Crippen LogP contribution in [0.2, 0.25) is 25.8 Å². The number of nitrogens with zero attached hydrogens (tertiary/aromatic N) is 21. The number of benzene rings is 3. The predicted molar refractivity (Wildman–Crippen MR) is 540 cm³/mol. The quantitative estimate of drug-likeness (QED) is 0.0169. The van der Waals surface area contributed by atoms with Crippen molar-refractivity contribution in [2.24, 2.45) is 0 Å². The van der Waals surface area contributed by atoms with Crippen molar-refractivity contribution in [2.45, 2.75) is 22.8 Å². The fourth-order valence-corrected chi connectivity index (χ4v) is 17.6. The molecule has 13 rings (SSSR count). The van der Waals surface area contributed by atoms with Gasteiger partial charge in [-0.2, -0.15) is 54.2 Å². The molecular formula is C93H86Cl5N21O10S6. The number of anilines is 5. The van der Waals surface area contributed by atoms with Crippen LogP contribution >= 0.6 is 106 Å². The number of thiol groups is 1. The number of likely N-dealkylation sites (N-methyl/N-ethyl adjacent to an activating group) is 1. The van der Waals surface area contributed by atoms with Crippen LogP contribution in [0, 0.1) is 61.7 Å². The van der Waals surface area contributed by atoms with E-state index < -0.39 is 53.3 Å². The SMILES string of the molecule is C#CCN(C(=O)C(SC)C(=O)CSC)c1cn(-c2cccnc2)nc1Cl.C#CCN(C(=O)CCS)c1cn(-c2cccnc2)nc1Cl.C#CCN(C(=O)CCSC(c1ccccc1)(c1ccccc1)c1ccccc1)c1cn(-c2cccnc2)nc1Cl.C#CCN(C(=O)CN(C)S(C)(=O)=O)c1cn(-c2cccnc2)nc1Cl.C#CCN(C(=O)CS(C)(=O)=O)c1cn(-c2cccnc2)nc1Cl. The first kappa shape index (κ1) is 106. The van der Waals surface area contributed by atoms with Crippen LogP contribution in [0.4, 0.5) is 28.4 Å². The molecule has 135 heavy (non-hydrogen) atoms. The Morgan fingerprint density at radius 2 is 0.711 bits per heavy atom. The van der Waals surface area contributed by atoms with Gasteiger partial charge < -0.3 is 0 Å². The molecule has 13 aromatic rings. The van der Waals surface area contributed by atoms with E-state index in [4.69, 9.17) is 90.1 Å². The highest BCUT2D eigenvalue weighted by atomic mass is 35.5. The van der Waals surface area contributed by atoms with Gasteiger partial charge in [0.05, 0.1) is 146 Å². The number of Topliss-reactive ketones (excluding diaryl/α,β-unsaturated/α-hetero) is 1. The largest absolute Gasteiger partial charge is 0.297 e. The number of hydrogen-bond donors (Lipinski definition) is 1. The number of sulfone groups is 1. The minimum atomic E-state index is -3.50. The van der Waals surface area contributed by atoms with Gasteiger partial charge in [-0.3, -0.25) is 78.2 Å². The molecule has 0 aliphatic heterocycles. The molecule has 0 aliphatic rings. The van der Waals surface area contributed by atoms with Gasteiger partial charge in [-0.25, -0.2) is 40.2 Å². The maximum absolute atomic E-state index is 13.6. The molecule has 694 valence electrons. The zero-order valence-electron chi connectivity index (χ0n) is 72.9. The first-order chi connectivity index (χ1) is 64.9. The van der Waals surface area contributed by atoms with Crippen molar-refractivity contribution in [2.75, 3.05) is 119 Å². The second-order valence-electron chi connectivity index (χ2n) is 28.1. The Kier molecular flexibility index (Phi) is 40.7. The molecule has 1 unspecified atom stereocenters. The zero-order chi connectivity index (χ0) is 97.8. The summed E-state index contributed by atoms with van der Waals surface area (Å²) in [5.74, 6) is 10.7. The number of ketones is 1. The number of sulfonamides is 1. The van der Waals surface area contributed by atoms with Crippen LogP contribution in [0.15, 0.2) is 245 Å². The fraction of sp³-hybridized carbons (Fsp3) is 0.204. The van der Waals surface area contributed by atoms with Crippen molar-refractivity contribution in [3.05, 3.63) is 287 Å². The van der Waals surface area contributed by atoms with Gasteiger partial charge in [0, 0.05) is 62.9 Å². The van der Waals surface area contributed by atoms with Crippen LogP contribution in [0.5, 0.6) is 0 Å². The maximum Gasteiger partial charge on any atom is 0.248 e. The number of hydrogen-bond acceptors (Lipinski definition) is 24. The van der Waals surface area contributed by atoms with E-state index in [-0.39, 0.29) is 113 Å². The van der Waals surface area contributed by atoms with Gasteiger partial charge in [0.2, 0.25) is 39.6 Å². The Balaban J connectivity index is 0.000000194. The number of carbonyl (C=O) groups excluding carboxylic acids is 6. The fourth-order valence-electron chi connectivity index (χ4n) is 12.6. The Bertz CT molecular complexity index is 6550. The van der Waals surface area contributed by atoms with Crippen LogP contribution in [0.3, 0.4) is 0 Å². The van der Waals surface area contributed by atoms with Gasteiger partial charge >= 0.3 is 0 Å². The number of terminal acetylenes is 5. The second kappa shape index (κ2) is 52.0. The second-order valence-corrected chi connectivity index (χ2v) is 37.7. The minimum Gasteiger partial charge on any atom is -0.297 e. The topological polar surface area (TPSA) is 344 Å². The zero-order valence-corrected chi connectivity index (χ0v) is 81.7. The molecule has 31 nitrogen and oxygen atoms in total. The molecule has 3 aromatic carbocycles. The normalized spacial score (nSPS) is 11.1. The molecule has 0 N–H and O–H groups in total. The summed E-state index contributed by atoms with van der Waals surface area (Å²) in [6.07, 6.45) is 57.4. The van der Waals surface area contributed by atoms with Gasteiger partial charge in [0.25, 0.3) is 0 Å². The molecule has 1 atom stereocenters. The lowest BCUT2D eigenvalue weighted by molar-refractivity contribution is -0.125. The number of thioether (sulfide) groups is 3. The molecule has 42 heteroatoms. The van der Waals surface area contributed by atoms with E-state index in [1.165, 1.54) is 76.6 Å². The third-order valence-electron chi connectivity index (χ3n) is 18.8. The number of amides is 5. The molecule has 0 aliphatic carbocycles. The summed E-state index contributed by atoms with van der Waals surface area (Å²) in [6, 6.07) is 49.1. The summed E-state index contributed by atoms with van der Waals surface area (Å²) in [6.45, 7) is -0.355. The van der Waals surface area contributed by atoms with E-state index in [1.807, 2.05) is 42.7 Å². The summed E-state index contributed by atoms with van der Waals surface area (Å²) in [5.41, 5.74) is 8.72. The molecule has 0 radical (unpaired) electrons. The molecule has 5 amide bonds. The average Bonchev–Trinajstić information content (AvgIpc) is 1.62. The van der Waals surface area contributed by atoms with Crippen molar-refractivity contribution in [1.82, 2.24) is 78.1 Å². The van der Waals surface area contributed by atoms with Crippen molar-refractivity contribution >= 4 is 190 Å². The highest BCUT2D eigenvalue weighted by Crippen LogP contribution is 2.49. The van der Waals surface area contributed by atoms with Crippen LogP contribution in [-0.2, 0) is 53.4 Å². The van der Waals surface area contributed by atoms with Gasteiger partial charge in [-0.1, -0.05) is 179 Å². The van der Waals surface area contributed by atoms with Gasteiger partial charge in [-0.15, -0.1) is 55.6 Å². The predicted octanol–water partition coefficient (Wildman–Crippen LogP) is 13.5. The Morgan fingerprint density at radius 3 is 0.978 bits per heavy atom. The Morgan fingerprint density at radius 1 is 0.422 bits per heavy atom. The van der Waals surface area contributed by atoms with Gasteiger partial charge in [-0.05, 0) is 95.6 Å². The lowest BCUT2D eigenvalue weighted by Crippen LogP contribution is -2.42. The summed E-state index contributed by atoms with van der Waals surface area (Å²) in [4.78, 5) is 102. The molecule has 0 fully saturated rings. The number of halogens is 5. The number of carbonyl (C=O) groups is 6. The molecule has 0 bridgehead atoms. The molecule has 0 spiro atoms. The summed E-state index contributed by atoms with van der Waals surface area (Å²) < 4.78 is 53.7. The van der Waals surface area contributed by atoms with Crippen LogP contribution in [0.25, 0.3) is 28.4 Å². The standard InChI is InChI=1S/C33H27ClN4OS.C17H17ClN4O2S2.C15H16ClN5O3S.C14H13ClN4O3S.C14H13ClN4OS/c1-2-22-37(30-25-38(36-32(30)34)29-19-12-21-35-24-29)31(39)20-23-40-33(26-13-6-3-7-14-26,27-15-8-4-9-16-27)28-17-10-5-11-18-28;1-4-8-21(17(24)15(26-3)14(23)11-25-2)13-10-22(20-16(13)18)12-6-5-7-19-9-12;1-4-8-20(14(22)11-19(2)25(3,23)24)13-10-21(18-15(13)16)12-6-5-7-17-9-12;1-3-7-18(13(20)10-23(2,21)22)12-9-19(17-14(12)15)11-5-4-6-16-8-11;1-2-7-18(13(20)5-8-21)12-10-19(17-14(12)15)11-4-3-6-16-9-11/h1,3-19,21,24-25H,20,22-23H2;1,5-7,9-10,15H,8,11H2,2-3H3;1,5-7,9-10H,8,11H2,2-3H3;1,4-6,8-9H,7,10H2,2H3;1,3-4,6,9-10,21H,5,7-8H2. The van der Waals surface area contributed by atoms with Gasteiger partial charge in [0.15, 0.2) is 41.4 Å².